The van der Waals surface area contributed by atoms with Gasteiger partial charge in [-0.15, -0.1) is 0 Å². The summed E-state index contributed by atoms with van der Waals surface area (Å²) >= 11 is 0. The van der Waals surface area contributed by atoms with E-state index in [1.807, 2.05) is 13.0 Å². The van der Waals surface area contributed by atoms with Crippen molar-refractivity contribution < 1.29 is 8.42 Å². The van der Waals surface area contributed by atoms with E-state index < -0.39 is 10.0 Å². The Kier molecular flexibility index (Phi) is 3.96. The fraction of sp³-hybridized carbons (Fsp3) is 0.111. The average molecular weight is 367 g/mol. The van der Waals surface area contributed by atoms with Crippen molar-refractivity contribution in [3.8, 4) is 5.69 Å². The largest absolute Gasteiger partial charge is 0.331 e. The van der Waals surface area contributed by atoms with Gasteiger partial charge in [-0.3, -0.25) is 9.71 Å². The van der Waals surface area contributed by atoms with Crippen LogP contribution in [0.25, 0.3) is 5.69 Å². The first-order valence-electron chi connectivity index (χ1n) is 8.05. The molecule has 0 unspecified atom stereocenters. The van der Waals surface area contributed by atoms with E-state index in [-0.39, 0.29) is 4.90 Å². The van der Waals surface area contributed by atoms with Gasteiger partial charge in [-0.25, -0.2) is 13.1 Å². The molecule has 0 spiro atoms. The van der Waals surface area contributed by atoms with E-state index in [0.717, 1.165) is 16.9 Å². The molecular formula is C18H17N5O2S. The topological polar surface area (TPSA) is 88.4 Å². The predicted molar refractivity (Wildman–Crippen MR) is 101 cm³/mol. The Balaban J connectivity index is 1.82. The number of hydrogen-bond acceptors (Lipinski definition) is 5. The van der Waals surface area contributed by atoms with Crippen LogP contribution in [0.4, 0.5) is 11.5 Å². The minimum absolute atomic E-state index is 0.155. The van der Waals surface area contributed by atoms with Crippen molar-refractivity contribution in [2.24, 2.45) is 4.99 Å². The second-order valence-electron chi connectivity index (χ2n) is 5.99. The Labute approximate surface area is 151 Å². The smallest absolute Gasteiger partial charge is 0.264 e. The Bertz CT molecular complexity index is 1090. The molecule has 26 heavy (non-hydrogen) atoms. The van der Waals surface area contributed by atoms with Crippen LogP contribution in [0.2, 0.25) is 0 Å². The van der Waals surface area contributed by atoms with E-state index >= 15 is 0 Å². The highest BCUT2D eigenvalue weighted by atomic mass is 32.2. The predicted octanol–water partition coefficient (Wildman–Crippen LogP) is 2.94. The molecule has 4 rings (SSSR count). The molecule has 1 aliphatic heterocycles. The lowest BCUT2D eigenvalue weighted by molar-refractivity contribution is 0.600. The number of rotatable bonds is 4. The SMILES string of the molecule is Cc1ccc(S(=O)(=O)Nc2ccccc2)c(-n2ncc3c2NC=NC3)c1. The van der Waals surface area contributed by atoms with Crippen molar-refractivity contribution in [3.05, 3.63) is 65.9 Å². The van der Waals surface area contributed by atoms with Crippen molar-refractivity contribution in [2.45, 2.75) is 18.4 Å². The second-order valence-corrected chi connectivity index (χ2v) is 7.64. The van der Waals surface area contributed by atoms with Crippen molar-refractivity contribution in [2.75, 3.05) is 10.0 Å². The number of nitrogens with one attached hydrogen (secondary N) is 2. The second kappa shape index (κ2) is 6.30. The van der Waals surface area contributed by atoms with Crippen LogP contribution in [0, 0.1) is 6.92 Å². The van der Waals surface area contributed by atoms with Crippen molar-refractivity contribution in [3.63, 3.8) is 0 Å². The minimum atomic E-state index is -3.79. The molecule has 0 amide bonds. The summed E-state index contributed by atoms with van der Waals surface area (Å²) in [4.78, 5) is 4.30. The van der Waals surface area contributed by atoms with Crippen LogP contribution in [0.5, 0.6) is 0 Å². The lowest BCUT2D eigenvalue weighted by Crippen LogP contribution is -2.17. The van der Waals surface area contributed by atoms with Gasteiger partial charge < -0.3 is 5.32 Å². The molecule has 0 radical (unpaired) electrons. The third kappa shape index (κ3) is 2.95. The Morgan fingerprint density at radius 3 is 2.77 bits per heavy atom. The minimum Gasteiger partial charge on any atom is -0.331 e. The van der Waals surface area contributed by atoms with Crippen molar-refractivity contribution in [1.82, 2.24) is 9.78 Å². The van der Waals surface area contributed by atoms with E-state index in [9.17, 15) is 8.42 Å². The average Bonchev–Trinajstić information content (AvgIpc) is 3.06. The maximum absolute atomic E-state index is 13.0. The molecule has 0 fully saturated rings. The highest BCUT2D eigenvalue weighted by molar-refractivity contribution is 7.92. The van der Waals surface area contributed by atoms with Crippen molar-refractivity contribution in [1.29, 1.82) is 0 Å². The van der Waals surface area contributed by atoms with Crippen LogP contribution in [0.1, 0.15) is 11.1 Å². The number of fused-ring (bicyclic) bond motifs is 1. The van der Waals surface area contributed by atoms with Gasteiger partial charge >= 0.3 is 0 Å². The number of sulfonamides is 1. The van der Waals surface area contributed by atoms with E-state index in [1.54, 1.807) is 59.7 Å². The summed E-state index contributed by atoms with van der Waals surface area (Å²) < 4.78 is 30.2. The van der Waals surface area contributed by atoms with Crippen LogP contribution in [0.3, 0.4) is 0 Å². The lowest BCUT2D eigenvalue weighted by atomic mass is 10.2. The summed E-state index contributed by atoms with van der Waals surface area (Å²) in [5.41, 5.74) is 2.84. The number of aryl methyl sites for hydroxylation is 1. The monoisotopic (exact) mass is 367 g/mol. The summed E-state index contributed by atoms with van der Waals surface area (Å²) in [5.74, 6) is 0.724. The van der Waals surface area contributed by atoms with E-state index in [0.29, 0.717) is 17.9 Å². The number of aliphatic imine (C=N–C) groups is 1. The van der Waals surface area contributed by atoms with Gasteiger partial charge in [0.05, 0.1) is 24.8 Å². The van der Waals surface area contributed by atoms with E-state index in [2.05, 4.69) is 20.1 Å². The molecule has 3 aromatic rings. The zero-order chi connectivity index (χ0) is 18.1. The fourth-order valence-electron chi connectivity index (χ4n) is 2.82. The molecule has 1 aliphatic rings. The van der Waals surface area contributed by atoms with Gasteiger partial charge in [-0.1, -0.05) is 24.3 Å². The number of anilines is 2. The molecule has 0 aliphatic carbocycles. The van der Waals surface area contributed by atoms with Gasteiger partial charge in [0, 0.05) is 11.3 Å². The Hall–Kier alpha value is -3.13. The van der Waals surface area contributed by atoms with Crippen LogP contribution in [0.15, 0.2) is 64.6 Å². The van der Waals surface area contributed by atoms with E-state index in [1.165, 1.54) is 0 Å². The van der Waals surface area contributed by atoms with Crippen LogP contribution < -0.4 is 10.0 Å². The standard InChI is InChI=1S/C18H17N5O2S/c1-13-7-8-17(26(24,25)22-15-5-3-2-4-6-15)16(9-13)23-18-14(11-21-23)10-19-12-20-18/h2-9,11-12,22H,10H2,1H3,(H,19,20). The normalized spacial score (nSPS) is 13.1. The van der Waals surface area contributed by atoms with Gasteiger partial charge in [-0.05, 0) is 36.8 Å². The van der Waals surface area contributed by atoms with Crippen LogP contribution in [-0.2, 0) is 16.6 Å². The van der Waals surface area contributed by atoms with E-state index in [4.69, 9.17) is 0 Å². The molecule has 0 saturated heterocycles. The summed E-state index contributed by atoms with van der Waals surface area (Å²) in [5, 5.41) is 7.42. The molecule has 132 valence electrons. The maximum Gasteiger partial charge on any atom is 0.264 e. The molecule has 2 N–H and O–H groups in total. The highest BCUT2D eigenvalue weighted by Crippen LogP contribution is 2.29. The molecule has 0 saturated carbocycles. The molecule has 1 aromatic heterocycles. The Morgan fingerprint density at radius 1 is 1.15 bits per heavy atom. The van der Waals surface area contributed by atoms with Gasteiger partial charge in [0.1, 0.15) is 10.7 Å². The molecule has 2 heterocycles. The zero-order valence-electron chi connectivity index (χ0n) is 14.0. The first-order chi connectivity index (χ1) is 12.5. The zero-order valence-corrected chi connectivity index (χ0v) is 14.9. The summed E-state index contributed by atoms with van der Waals surface area (Å²) in [6.07, 6.45) is 3.29. The van der Waals surface area contributed by atoms with Crippen molar-refractivity contribution >= 4 is 27.9 Å². The number of aromatic nitrogens is 2. The first-order valence-corrected chi connectivity index (χ1v) is 9.53. The number of hydrogen-bond donors (Lipinski definition) is 2. The van der Waals surface area contributed by atoms with Gasteiger partial charge in [0.25, 0.3) is 10.0 Å². The highest BCUT2D eigenvalue weighted by Gasteiger charge is 2.23. The lowest BCUT2D eigenvalue weighted by Gasteiger charge is -2.16. The molecular weight excluding hydrogens is 350 g/mol. The molecule has 7 nitrogen and oxygen atoms in total. The van der Waals surface area contributed by atoms with Crippen LogP contribution >= 0.6 is 0 Å². The summed E-state index contributed by atoms with van der Waals surface area (Å²) in [6, 6.07) is 14.0. The number of benzene rings is 2. The number of nitrogens with zero attached hydrogens (tertiary/aromatic N) is 3. The third-order valence-electron chi connectivity index (χ3n) is 4.06. The quantitative estimate of drug-likeness (QED) is 0.742. The maximum atomic E-state index is 13.0. The van der Waals surface area contributed by atoms with Gasteiger partial charge in [-0.2, -0.15) is 5.10 Å². The van der Waals surface area contributed by atoms with Gasteiger partial charge in [0.15, 0.2) is 0 Å². The summed E-state index contributed by atoms with van der Waals surface area (Å²) in [7, 11) is -3.79. The van der Waals surface area contributed by atoms with Gasteiger partial charge in [0.2, 0.25) is 0 Å². The molecule has 0 atom stereocenters. The molecule has 0 bridgehead atoms. The Morgan fingerprint density at radius 2 is 1.96 bits per heavy atom. The summed E-state index contributed by atoms with van der Waals surface area (Å²) in [6.45, 7) is 2.42. The first kappa shape index (κ1) is 16.3. The fourth-order valence-corrected chi connectivity index (χ4v) is 4.05. The number of para-hydroxylation sites is 1. The molecule has 8 heteroatoms. The third-order valence-corrected chi connectivity index (χ3v) is 5.49. The van der Waals surface area contributed by atoms with Crippen LogP contribution in [-0.4, -0.2) is 24.5 Å². The molecule has 2 aromatic carbocycles.